The van der Waals surface area contributed by atoms with E-state index < -0.39 is 0 Å². The first-order chi connectivity index (χ1) is 6.59. The molecular formula is C11H14ClNO. The Bertz CT molecular complexity index is 323. The van der Waals surface area contributed by atoms with Gasteiger partial charge in [-0.2, -0.15) is 0 Å². The smallest absolute Gasteiger partial charge is 0.138 e. The fourth-order valence-corrected chi connectivity index (χ4v) is 1.49. The van der Waals surface area contributed by atoms with Crippen LogP contribution in [0.1, 0.15) is 18.9 Å². The summed E-state index contributed by atoms with van der Waals surface area (Å²) in [5.74, 6) is 0.133. The highest BCUT2D eigenvalue weighted by atomic mass is 35.5. The van der Waals surface area contributed by atoms with E-state index in [1.165, 1.54) is 0 Å². The molecule has 2 nitrogen and oxygen atoms in total. The third-order valence-electron chi connectivity index (χ3n) is 1.90. The van der Waals surface area contributed by atoms with Crippen LogP contribution in [0.2, 0.25) is 5.02 Å². The van der Waals surface area contributed by atoms with E-state index in [2.05, 4.69) is 0 Å². The molecule has 1 rings (SSSR count). The van der Waals surface area contributed by atoms with Crippen molar-refractivity contribution in [2.45, 2.75) is 25.8 Å². The van der Waals surface area contributed by atoms with E-state index in [1.54, 1.807) is 6.07 Å². The quantitative estimate of drug-likeness (QED) is 0.830. The number of hydrogen-bond donors (Lipinski definition) is 1. The van der Waals surface area contributed by atoms with E-state index in [0.29, 0.717) is 17.9 Å². The van der Waals surface area contributed by atoms with Crippen molar-refractivity contribution >= 4 is 17.4 Å². The first-order valence-electron chi connectivity index (χ1n) is 4.60. The number of nitrogens with two attached hydrogens (primary N) is 1. The minimum atomic E-state index is -0.0787. The van der Waals surface area contributed by atoms with Crippen molar-refractivity contribution < 1.29 is 4.79 Å². The van der Waals surface area contributed by atoms with Gasteiger partial charge in [0.05, 0.1) is 0 Å². The molecular weight excluding hydrogens is 198 g/mol. The number of carbonyl (C=O) groups excluding carboxylic acids is 1. The van der Waals surface area contributed by atoms with Gasteiger partial charge in [-0.15, -0.1) is 0 Å². The number of benzene rings is 1. The highest BCUT2D eigenvalue weighted by molar-refractivity contribution is 6.31. The van der Waals surface area contributed by atoms with Crippen LogP contribution in [0.25, 0.3) is 0 Å². The monoisotopic (exact) mass is 211 g/mol. The van der Waals surface area contributed by atoms with Gasteiger partial charge in [-0.3, -0.25) is 4.79 Å². The van der Waals surface area contributed by atoms with Crippen LogP contribution in [-0.2, 0) is 11.2 Å². The number of ketones is 1. The Morgan fingerprint density at radius 3 is 2.71 bits per heavy atom. The number of Topliss-reactive ketones (excluding diaryl/α,β-unsaturated/α-hetero) is 1. The van der Waals surface area contributed by atoms with Gasteiger partial charge >= 0.3 is 0 Å². The Balaban J connectivity index is 2.61. The van der Waals surface area contributed by atoms with Crippen LogP contribution in [0.15, 0.2) is 24.3 Å². The molecule has 1 aromatic carbocycles. The van der Waals surface area contributed by atoms with Gasteiger partial charge in [-0.25, -0.2) is 0 Å². The van der Waals surface area contributed by atoms with Crippen LogP contribution >= 0.6 is 11.6 Å². The van der Waals surface area contributed by atoms with E-state index >= 15 is 0 Å². The Kier molecular flexibility index (Phi) is 4.11. The minimum Gasteiger partial charge on any atom is -0.328 e. The first kappa shape index (κ1) is 11.2. The fraction of sp³-hybridized carbons (Fsp3) is 0.364. The molecule has 0 amide bonds. The second kappa shape index (κ2) is 5.13. The van der Waals surface area contributed by atoms with Gasteiger partial charge in [0.15, 0.2) is 0 Å². The van der Waals surface area contributed by atoms with Crippen LogP contribution < -0.4 is 5.73 Å². The SMILES string of the molecule is CC(N)CC(=O)Cc1ccccc1Cl. The third-order valence-corrected chi connectivity index (χ3v) is 2.26. The molecule has 3 heteroatoms. The lowest BCUT2D eigenvalue weighted by Crippen LogP contribution is -2.20. The summed E-state index contributed by atoms with van der Waals surface area (Å²) in [6, 6.07) is 7.30. The first-order valence-corrected chi connectivity index (χ1v) is 4.98. The van der Waals surface area contributed by atoms with Gasteiger partial charge in [-0.1, -0.05) is 29.8 Å². The average Bonchev–Trinajstić information content (AvgIpc) is 2.07. The largest absolute Gasteiger partial charge is 0.328 e. The van der Waals surface area contributed by atoms with E-state index in [0.717, 1.165) is 5.56 Å². The zero-order valence-electron chi connectivity index (χ0n) is 8.16. The summed E-state index contributed by atoms with van der Waals surface area (Å²) < 4.78 is 0. The van der Waals surface area contributed by atoms with Gasteiger partial charge in [0.25, 0.3) is 0 Å². The Labute approximate surface area is 89.1 Å². The number of halogens is 1. The number of rotatable bonds is 4. The maximum atomic E-state index is 11.4. The summed E-state index contributed by atoms with van der Waals surface area (Å²) in [7, 11) is 0. The summed E-state index contributed by atoms with van der Waals surface area (Å²) in [5.41, 5.74) is 6.41. The van der Waals surface area contributed by atoms with E-state index in [9.17, 15) is 4.79 Å². The summed E-state index contributed by atoms with van der Waals surface area (Å²) >= 11 is 5.92. The van der Waals surface area contributed by atoms with Crippen molar-refractivity contribution in [2.75, 3.05) is 0 Å². The molecule has 0 bridgehead atoms. The minimum absolute atomic E-state index is 0.0787. The standard InChI is InChI=1S/C11H14ClNO/c1-8(13)6-10(14)7-9-4-2-3-5-11(9)12/h2-5,8H,6-7,13H2,1H3. The fourth-order valence-electron chi connectivity index (χ4n) is 1.29. The van der Waals surface area contributed by atoms with Crippen molar-refractivity contribution in [1.29, 1.82) is 0 Å². The lowest BCUT2D eigenvalue weighted by Gasteiger charge is -2.05. The Morgan fingerprint density at radius 1 is 1.50 bits per heavy atom. The predicted molar refractivity (Wildman–Crippen MR) is 58.4 cm³/mol. The molecule has 0 aliphatic heterocycles. The maximum absolute atomic E-state index is 11.4. The van der Waals surface area contributed by atoms with Crippen LogP contribution in [0.3, 0.4) is 0 Å². The summed E-state index contributed by atoms with van der Waals surface area (Å²) in [4.78, 5) is 11.4. The van der Waals surface area contributed by atoms with Crippen molar-refractivity contribution in [3.63, 3.8) is 0 Å². The molecule has 0 aliphatic rings. The molecule has 0 saturated heterocycles. The van der Waals surface area contributed by atoms with Gasteiger partial charge in [0.2, 0.25) is 0 Å². The van der Waals surface area contributed by atoms with Gasteiger partial charge < -0.3 is 5.73 Å². The van der Waals surface area contributed by atoms with Crippen LogP contribution in [0.4, 0.5) is 0 Å². The molecule has 1 aromatic rings. The second-order valence-electron chi connectivity index (χ2n) is 3.49. The molecule has 1 atom stereocenters. The summed E-state index contributed by atoms with van der Waals surface area (Å²) in [6.07, 6.45) is 0.784. The Hall–Kier alpha value is -0.860. The molecule has 14 heavy (non-hydrogen) atoms. The summed E-state index contributed by atoms with van der Waals surface area (Å²) in [6.45, 7) is 1.82. The summed E-state index contributed by atoms with van der Waals surface area (Å²) in [5, 5.41) is 0.644. The molecule has 0 fully saturated rings. The molecule has 0 saturated carbocycles. The van der Waals surface area contributed by atoms with Crippen LogP contribution in [0, 0.1) is 0 Å². The highest BCUT2D eigenvalue weighted by Gasteiger charge is 2.08. The van der Waals surface area contributed by atoms with E-state index in [1.807, 2.05) is 25.1 Å². The lowest BCUT2D eigenvalue weighted by molar-refractivity contribution is -0.118. The van der Waals surface area contributed by atoms with Crippen molar-refractivity contribution in [2.24, 2.45) is 5.73 Å². The molecule has 0 spiro atoms. The normalized spacial score (nSPS) is 12.5. The van der Waals surface area contributed by atoms with Crippen molar-refractivity contribution in [1.82, 2.24) is 0 Å². The van der Waals surface area contributed by atoms with Gasteiger partial charge in [-0.05, 0) is 18.6 Å². The van der Waals surface area contributed by atoms with Crippen LogP contribution in [-0.4, -0.2) is 11.8 Å². The van der Waals surface area contributed by atoms with Crippen molar-refractivity contribution in [3.05, 3.63) is 34.9 Å². The van der Waals surface area contributed by atoms with Crippen molar-refractivity contribution in [3.8, 4) is 0 Å². The topological polar surface area (TPSA) is 43.1 Å². The highest BCUT2D eigenvalue weighted by Crippen LogP contribution is 2.16. The lowest BCUT2D eigenvalue weighted by atomic mass is 10.0. The predicted octanol–water partition coefficient (Wildman–Crippen LogP) is 2.19. The zero-order chi connectivity index (χ0) is 10.6. The number of hydrogen-bond acceptors (Lipinski definition) is 2. The van der Waals surface area contributed by atoms with Gasteiger partial charge in [0.1, 0.15) is 5.78 Å². The molecule has 1 unspecified atom stereocenters. The van der Waals surface area contributed by atoms with Crippen LogP contribution in [0.5, 0.6) is 0 Å². The molecule has 2 N–H and O–H groups in total. The second-order valence-corrected chi connectivity index (χ2v) is 3.90. The molecule has 0 heterocycles. The maximum Gasteiger partial charge on any atom is 0.138 e. The van der Waals surface area contributed by atoms with Gasteiger partial charge in [0, 0.05) is 23.9 Å². The molecule has 76 valence electrons. The molecule has 0 aliphatic carbocycles. The van der Waals surface area contributed by atoms with E-state index in [4.69, 9.17) is 17.3 Å². The average molecular weight is 212 g/mol. The number of carbonyl (C=O) groups is 1. The third kappa shape index (κ3) is 3.48. The molecule has 0 aromatic heterocycles. The zero-order valence-corrected chi connectivity index (χ0v) is 8.92. The molecule has 0 radical (unpaired) electrons. The van der Waals surface area contributed by atoms with E-state index in [-0.39, 0.29) is 11.8 Å². The Morgan fingerprint density at radius 2 is 2.14 bits per heavy atom.